The van der Waals surface area contributed by atoms with Crippen molar-refractivity contribution in [1.29, 1.82) is 0 Å². The van der Waals surface area contributed by atoms with Crippen molar-refractivity contribution in [2.24, 2.45) is 0 Å². The van der Waals surface area contributed by atoms with Gasteiger partial charge in [-0.25, -0.2) is 9.10 Å². The number of nitrogens with zero attached hydrogens (tertiary/aromatic N) is 2. The van der Waals surface area contributed by atoms with Crippen LogP contribution in [0.3, 0.4) is 0 Å². The van der Waals surface area contributed by atoms with Crippen LogP contribution in [-0.2, 0) is 16.1 Å². The quantitative estimate of drug-likeness (QED) is 0.512. The smallest absolute Gasteiger partial charge is 0.338 e. The second-order valence-electron chi connectivity index (χ2n) is 6.49. The second kappa shape index (κ2) is 10.5. The summed E-state index contributed by atoms with van der Waals surface area (Å²) in [5.74, 6) is -0.294. The number of carbonyl (C=O) groups is 1. The maximum Gasteiger partial charge on any atom is 0.338 e. The molecule has 0 aliphatic carbocycles. The number of carbonyl (C=O) groups excluding carboxylic acids is 1. The number of benzene rings is 2. The lowest BCUT2D eigenvalue weighted by Crippen LogP contribution is -2.39. The van der Waals surface area contributed by atoms with Crippen molar-refractivity contribution in [3.63, 3.8) is 0 Å². The van der Waals surface area contributed by atoms with Gasteiger partial charge in [-0.15, -0.1) is 0 Å². The summed E-state index contributed by atoms with van der Waals surface area (Å²) in [6.07, 6.45) is 0. The SMILES string of the molecule is CN(CCN1CCOCC1)Sc1cccc(C(=O)OCc2ccccc2)c1. The maximum atomic E-state index is 12.3. The Kier molecular flexibility index (Phi) is 7.71. The fourth-order valence-corrected chi connectivity index (χ4v) is 3.67. The van der Waals surface area contributed by atoms with E-state index in [1.807, 2.05) is 48.5 Å². The van der Waals surface area contributed by atoms with Gasteiger partial charge in [0, 0.05) is 31.1 Å². The molecule has 2 aromatic carbocycles. The van der Waals surface area contributed by atoms with Gasteiger partial charge >= 0.3 is 5.97 Å². The lowest BCUT2D eigenvalue weighted by Gasteiger charge is -2.28. The third-order valence-corrected chi connectivity index (χ3v) is 5.34. The van der Waals surface area contributed by atoms with E-state index in [9.17, 15) is 4.79 Å². The van der Waals surface area contributed by atoms with Crippen molar-refractivity contribution in [1.82, 2.24) is 9.21 Å². The average Bonchev–Trinajstić information content (AvgIpc) is 2.72. The van der Waals surface area contributed by atoms with Crippen molar-refractivity contribution < 1.29 is 14.3 Å². The summed E-state index contributed by atoms with van der Waals surface area (Å²) in [4.78, 5) is 15.8. The topological polar surface area (TPSA) is 42.0 Å². The molecular weight excluding hydrogens is 360 g/mol. The van der Waals surface area contributed by atoms with Crippen molar-refractivity contribution in [3.05, 3.63) is 65.7 Å². The Morgan fingerprint density at radius 2 is 1.93 bits per heavy atom. The Hall–Kier alpha value is -1.86. The van der Waals surface area contributed by atoms with E-state index < -0.39 is 0 Å². The number of morpholine rings is 1. The highest BCUT2D eigenvalue weighted by Gasteiger charge is 2.12. The van der Waals surface area contributed by atoms with Crippen molar-refractivity contribution in [2.75, 3.05) is 46.4 Å². The number of hydrogen-bond acceptors (Lipinski definition) is 6. The monoisotopic (exact) mass is 386 g/mol. The van der Waals surface area contributed by atoms with Crippen LogP contribution in [0.25, 0.3) is 0 Å². The van der Waals surface area contributed by atoms with Gasteiger partial charge in [0.2, 0.25) is 0 Å². The minimum atomic E-state index is -0.294. The minimum Gasteiger partial charge on any atom is -0.457 e. The first kappa shape index (κ1) is 19.9. The van der Waals surface area contributed by atoms with Crippen LogP contribution >= 0.6 is 11.9 Å². The van der Waals surface area contributed by atoms with Crippen LogP contribution in [0, 0.1) is 0 Å². The molecule has 1 fully saturated rings. The van der Waals surface area contributed by atoms with Crippen LogP contribution in [-0.4, -0.2) is 61.6 Å². The zero-order valence-corrected chi connectivity index (χ0v) is 16.5. The van der Waals surface area contributed by atoms with Gasteiger partial charge in [0.1, 0.15) is 6.61 Å². The Bertz CT molecular complexity index is 720. The Balaban J connectivity index is 1.47. The molecule has 6 heteroatoms. The van der Waals surface area contributed by atoms with E-state index in [1.54, 1.807) is 18.0 Å². The van der Waals surface area contributed by atoms with E-state index in [4.69, 9.17) is 9.47 Å². The van der Waals surface area contributed by atoms with Crippen LogP contribution in [0.15, 0.2) is 59.5 Å². The third kappa shape index (κ3) is 6.66. The molecule has 0 spiro atoms. The standard InChI is InChI=1S/C21H26N2O3S/c1-22(10-11-23-12-14-25-15-13-23)27-20-9-5-8-19(16-20)21(24)26-17-18-6-3-2-4-7-18/h2-9,16H,10-15,17H2,1H3. The first-order valence-electron chi connectivity index (χ1n) is 9.21. The lowest BCUT2D eigenvalue weighted by atomic mass is 10.2. The molecule has 0 amide bonds. The fourth-order valence-electron chi connectivity index (χ4n) is 2.82. The lowest BCUT2D eigenvalue weighted by molar-refractivity contribution is 0.0370. The molecule has 27 heavy (non-hydrogen) atoms. The Morgan fingerprint density at radius 3 is 2.70 bits per heavy atom. The van der Waals surface area contributed by atoms with Gasteiger partial charge in [0.05, 0.1) is 18.8 Å². The summed E-state index contributed by atoms with van der Waals surface area (Å²) in [6.45, 7) is 5.91. The first-order valence-corrected chi connectivity index (χ1v) is 9.98. The molecule has 3 rings (SSSR count). The van der Waals surface area contributed by atoms with Crippen molar-refractivity contribution >= 4 is 17.9 Å². The van der Waals surface area contributed by atoms with Crippen LogP contribution in [0.5, 0.6) is 0 Å². The van der Waals surface area contributed by atoms with Crippen molar-refractivity contribution in [2.45, 2.75) is 11.5 Å². The minimum absolute atomic E-state index is 0.288. The molecule has 0 atom stereocenters. The number of hydrogen-bond donors (Lipinski definition) is 0. The number of rotatable bonds is 8. The predicted molar refractivity (Wildman–Crippen MR) is 108 cm³/mol. The van der Waals surface area contributed by atoms with E-state index in [0.29, 0.717) is 5.56 Å². The molecule has 0 bridgehead atoms. The number of esters is 1. The van der Waals surface area contributed by atoms with E-state index in [-0.39, 0.29) is 12.6 Å². The summed E-state index contributed by atoms with van der Waals surface area (Å²) in [5.41, 5.74) is 1.57. The van der Waals surface area contributed by atoms with Gasteiger partial charge in [-0.3, -0.25) is 4.90 Å². The molecular formula is C21H26N2O3S. The van der Waals surface area contributed by atoms with Crippen LogP contribution in [0.4, 0.5) is 0 Å². The first-order chi connectivity index (χ1) is 13.2. The van der Waals surface area contributed by atoms with Gasteiger partial charge < -0.3 is 9.47 Å². The Morgan fingerprint density at radius 1 is 1.15 bits per heavy atom. The van der Waals surface area contributed by atoms with Crippen LogP contribution in [0.1, 0.15) is 15.9 Å². The molecule has 0 N–H and O–H groups in total. The molecule has 144 valence electrons. The van der Waals surface area contributed by atoms with Gasteiger partial charge in [0.15, 0.2) is 0 Å². The van der Waals surface area contributed by atoms with E-state index in [0.717, 1.165) is 49.9 Å². The molecule has 1 heterocycles. The third-order valence-electron chi connectivity index (χ3n) is 4.38. The highest BCUT2D eigenvalue weighted by Crippen LogP contribution is 2.22. The molecule has 0 aromatic heterocycles. The normalized spacial score (nSPS) is 15.0. The number of likely N-dealkylation sites (N-methyl/N-ethyl adjacent to an activating group) is 1. The molecule has 2 aromatic rings. The fraction of sp³-hybridized carbons (Fsp3) is 0.381. The predicted octanol–water partition coefficient (Wildman–Crippen LogP) is 3.31. The molecule has 0 unspecified atom stereocenters. The summed E-state index contributed by atoms with van der Waals surface area (Å²) >= 11 is 1.65. The van der Waals surface area contributed by atoms with E-state index in [2.05, 4.69) is 16.3 Å². The summed E-state index contributed by atoms with van der Waals surface area (Å²) in [6, 6.07) is 17.3. The molecule has 1 saturated heterocycles. The molecule has 1 aliphatic heterocycles. The Labute approximate surface area is 165 Å². The highest BCUT2D eigenvalue weighted by atomic mass is 32.2. The summed E-state index contributed by atoms with van der Waals surface area (Å²) < 4.78 is 13.0. The molecule has 5 nitrogen and oxygen atoms in total. The average molecular weight is 387 g/mol. The largest absolute Gasteiger partial charge is 0.457 e. The van der Waals surface area contributed by atoms with Gasteiger partial charge in [-0.2, -0.15) is 0 Å². The second-order valence-corrected chi connectivity index (χ2v) is 7.76. The van der Waals surface area contributed by atoms with Crippen LogP contribution in [0.2, 0.25) is 0 Å². The molecule has 1 aliphatic rings. The zero-order chi connectivity index (χ0) is 18.9. The van der Waals surface area contributed by atoms with Gasteiger partial charge in [-0.05, 0) is 42.8 Å². The van der Waals surface area contributed by atoms with Gasteiger partial charge in [-0.1, -0.05) is 36.4 Å². The van der Waals surface area contributed by atoms with Gasteiger partial charge in [0.25, 0.3) is 0 Å². The molecule has 0 radical (unpaired) electrons. The van der Waals surface area contributed by atoms with E-state index in [1.165, 1.54) is 0 Å². The summed E-state index contributed by atoms with van der Waals surface area (Å²) in [7, 11) is 2.07. The van der Waals surface area contributed by atoms with Crippen molar-refractivity contribution in [3.8, 4) is 0 Å². The molecule has 0 saturated carbocycles. The zero-order valence-electron chi connectivity index (χ0n) is 15.7. The van der Waals surface area contributed by atoms with Crippen LogP contribution < -0.4 is 0 Å². The number of ether oxygens (including phenoxy) is 2. The highest BCUT2D eigenvalue weighted by molar-refractivity contribution is 7.97. The van der Waals surface area contributed by atoms with E-state index >= 15 is 0 Å². The summed E-state index contributed by atoms with van der Waals surface area (Å²) in [5, 5.41) is 0. The maximum absolute atomic E-state index is 12.3.